The van der Waals surface area contributed by atoms with E-state index in [2.05, 4.69) is 5.32 Å². The second-order valence-corrected chi connectivity index (χ2v) is 7.16. The van der Waals surface area contributed by atoms with Crippen molar-refractivity contribution in [2.75, 3.05) is 40.3 Å². The van der Waals surface area contributed by atoms with Crippen LogP contribution in [-0.4, -0.2) is 61.9 Å². The van der Waals surface area contributed by atoms with E-state index in [1.54, 1.807) is 17.0 Å². The number of rotatable bonds is 7. The van der Waals surface area contributed by atoms with Crippen LogP contribution < -0.4 is 5.32 Å². The smallest absolute Gasteiger partial charge is 0.225 e. The van der Waals surface area contributed by atoms with E-state index < -0.39 is 0 Å². The number of carbonyl (C=O) groups excluding carboxylic acids is 2. The highest BCUT2D eigenvalue weighted by Gasteiger charge is 2.33. The summed E-state index contributed by atoms with van der Waals surface area (Å²) >= 11 is 12.0. The van der Waals surface area contributed by atoms with Gasteiger partial charge in [-0.25, -0.2) is 0 Å². The first-order valence-corrected chi connectivity index (χ1v) is 8.76. The van der Waals surface area contributed by atoms with E-state index in [0.717, 1.165) is 12.1 Å². The van der Waals surface area contributed by atoms with E-state index in [4.69, 9.17) is 23.2 Å². The van der Waals surface area contributed by atoms with Gasteiger partial charge in [0.2, 0.25) is 11.8 Å². The molecule has 132 valence electrons. The Hall–Kier alpha value is -1.30. The van der Waals surface area contributed by atoms with Crippen molar-refractivity contribution < 1.29 is 9.59 Å². The van der Waals surface area contributed by atoms with Gasteiger partial charge < -0.3 is 15.1 Å². The van der Waals surface area contributed by atoms with Gasteiger partial charge in [0.25, 0.3) is 0 Å². The summed E-state index contributed by atoms with van der Waals surface area (Å²) in [7, 11) is 3.93. The van der Waals surface area contributed by atoms with Crippen LogP contribution >= 0.6 is 23.2 Å². The Kier molecular flexibility index (Phi) is 6.90. The molecule has 0 saturated carbocycles. The second-order valence-electron chi connectivity index (χ2n) is 6.32. The molecule has 0 bridgehead atoms. The SMILES string of the molecule is CN(C)CCN1CC(C(=O)NCCc2ccc(Cl)cc2Cl)CC1=O. The van der Waals surface area contributed by atoms with E-state index in [1.165, 1.54) is 0 Å². The van der Waals surface area contributed by atoms with Gasteiger partial charge in [-0.15, -0.1) is 0 Å². The van der Waals surface area contributed by atoms with Crippen molar-refractivity contribution in [3.05, 3.63) is 33.8 Å². The van der Waals surface area contributed by atoms with Crippen LogP contribution in [0.1, 0.15) is 12.0 Å². The Morgan fingerprint density at radius 3 is 2.79 bits per heavy atom. The summed E-state index contributed by atoms with van der Waals surface area (Å²) in [4.78, 5) is 28.0. The average molecular weight is 372 g/mol. The van der Waals surface area contributed by atoms with Crippen LogP contribution in [0.15, 0.2) is 18.2 Å². The molecular weight excluding hydrogens is 349 g/mol. The Labute approximate surface area is 152 Å². The Balaban J connectivity index is 1.77. The quantitative estimate of drug-likeness (QED) is 0.797. The number of likely N-dealkylation sites (N-methyl/N-ethyl adjacent to an activating group) is 1. The Bertz CT molecular complexity index is 607. The van der Waals surface area contributed by atoms with Crippen molar-refractivity contribution in [1.82, 2.24) is 15.1 Å². The number of nitrogens with zero attached hydrogens (tertiary/aromatic N) is 2. The Morgan fingerprint density at radius 1 is 1.38 bits per heavy atom. The van der Waals surface area contributed by atoms with Crippen molar-refractivity contribution in [1.29, 1.82) is 0 Å². The van der Waals surface area contributed by atoms with Crippen LogP contribution in [0.4, 0.5) is 0 Å². The number of halogens is 2. The summed E-state index contributed by atoms with van der Waals surface area (Å²) in [6, 6.07) is 5.33. The van der Waals surface area contributed by atoms with E-state index >= 15 is 0 Å². The molecule has 24 heavy (non-hydrogen) atoms. The van der Waals surface area contributed by atoms with Gasteiger partial charge in [0.05, 0.1) is 5.92 Å². The highest BCUT2D eigenvalue weighted by Crippen LogP contribution is 2.21. The molecule has 1 aliphatic rings. The summed E-state index contributed by atoms with van der Waals surface area (Å²) in [5, 5.41) is 4.09. The number of nitrogens with one attached hydrogen (secondary N) is 1. The predicted molar refractivity (Wildman–Crippen MR) is 96.4 cm³/mol. The second kappa shape index (κ2) is 8.70. The summed E-state index contributed by atoms with van der Waals surface area (Å²) < 4.78 is 0. The van der Waals surface area contributed by atoms with Crippen LogP contribution in [0.5, 0.6) is 0 Å². The molecule has 1 aromatic carbocycles. The molecule has 1 saturated heterocycles. The van der Waals surface area contributed by atoms with Crippen molar-refractivity contribution in [2.45, 2.75) is 12.8 Å². The van der Waals surface area contributed by atoms with Gasteiger partial charge in [0.1, 0.15) is 0 Å². The highest BCUT2D eigenvalue weighted by atomic mass is 35.5. The predicted octanol–water partition coefficient (Wildman–Crippen LogP) is 2.06. The lowest BCUT2D eigenvalue weighted by atomic mass is 10.1. The third-order valence-electron chi connectivity index (χ3n) is 4.11. The minimum absolute atomic E-state index is 0.0535. The zero-order chi connectivity index (χ0) is 17.7. The largest absolute Gasteiger partial charge is 0.355 e. The molecule has 1 unspecified atom stereocenters. The number of hydrogen-bond acceptors (Lipinski definition) is 3. The maximum atomic E-state index is 12.2. The fourth-order valence-electron chi connectivity index (χ4n) is 2.67. The lowest BCUT2D eigenvalue weighted by Gasteiger charge is -2.19. The fourth-order valence-corrected chi connectivity index (χ4v) is 3.18. The molecular formula is C17H23Cl2N3O2. The maximum absolute atomic E-state index is 12.2. The van der Waals surface area contributed by atoms with Crippen LogP contribution in [0.25, 0.3) is 0 Å². The first-order chi connectivity index (χ1) is 11.4. The molecule has 0 radical (unpaired) electrons. The summed E-state index contributed by atoms with van der Waals surface area (Å²) in [6.45, 7) is 2.45. The van der Waals surface area contributed by atoms with Gasteiger partial charge in [-0.3, -0.25) is 9.59 Å². The third-order valence-corrected chi connectivity index (χ3v) is 4.70. The van der Waals surface area contributed by atoms with Crippen molar-refractivity contribution >= 4 is 35.0 Å². The monoisotopic (exact) mass is 371 g/mol. The van der Waals surface area contributed by atoms with Gasteiger partial charge in [0.15, 0.2) is 0 Å². The molecule has 2 rings (SSSR count). The van der Waals surface area contributed by atoms with E-state index in [1.807, 2.05) is 25.1 Å². The lowest BCUT2D eigenvalue weighted by Crippen LogP contribution is -2.36. The van der Waals surface area contributed by atoms with E-state index in [0.29, 0.717) is 42.5 Å². The molecule has 2 amide bonds. The van der Waals surface area contributed by atoms with Crippen molar-refractivity contribution in [2.24, 2.45) is 5.92 Å². The summed E-state index contributed by atoms with van der Waals surface area (Å²) in [5.41, 5.74) is 0.941. The number of carbonyl (C=O) groups is 2. The Morgan fingerprint density at radius 2 is 2.12 bits per heavy atom. The van der Waals surface area contributed by atoms with Gasteiger partial charge in [0, 0.05) is 42.6 Å². The molecule has 7 heteroatoms. The third kappa shape index (κ3) is 5.36. The molecule has 0 aromatic heterocycles. The van der Waals surface area contributed by atoms with Crippen LogP contribution in [0.3, 0.4) is 0 Å². The molecule has 1 N–H and O–H groups in total. The van der Waals surface area contributed by atoms with Crippen molar-refractivity contribution in [3.8, 4) is 0 Å². The molecule has 0 aliphatic carbocycles. The highest BCUT2D eigenvalue weighted by molar-refractivity contribution is 6.35. The van der Waals surface area contributed by atoms with Crippen LogP contribution in [0.2, 0.25) is 10.0 Å². The standard InChI is InChI=1S/C17H23Cl2N3O2/c1-21(2)7-8-22-11-13(9-16(22)23)17(24)20-6-5-12-3-4-14(18)10-15(12)19/h3-4,10,13H,5-9,11H2,1-2H3,(H,20,24). The number of amides is 2. The molecule has 1 heterocycles. The normalized spacial score (nSPS) is 17.6. The molecule has 0 spiro atoms. The van der Waals surface area contributed by atoms with Crippen molar-refractivity contribution in [3.63, 3.8) is 0 Å². The molecule has 1 aliphatic heterocycles. The fraction of sp³-hybridized carbons (Fsp3) is 0.529. The van der Waals surface area contributed by atoms with Gasteiger partial charge in [-0.05, 0) is 38.2 Å². The average Bonchev–Trinajstić information content (AvgIpc) is 2.88. The zero-order valence-corrected chi connectivity index (χ0v) is 15.5. The van der Waals surface area contributed by atoms with Crippen LogP contribution in [0, 0.1) is 5.92 Å². The first-order valence-electron chi connectivity index (χ1n) is 8.01. The van der Waals surface area contributed by atoms with Gasteiger partial charge in [-0.1, -0.05) is 29.3 Å². The van der Waals surface area contributed by atoms with Crippen LogP contribution in [-0.2, 0) is 16.0 Å². The molecule has 1 fully saturated rings. The van der Waals surface area contributed by atoms with E-state index in [9.17, 15) is 9.59 Å². The number of hydrogen-bond donors (Lipinski definition) is 1. The minimum Gasteiger partial charge on any atom is -0.355 e. The zero-order valence-electron chi connectivity index (χ0n) is 14.0. The van der Waals surface area contributed by atoms with Gasteiger partial charge >= 0.3 is 0 Å². The molecule has 1 atom stereocenters. The first kappa shape index (κ1) is 19.0. The molecule has 1 aromatic rings. The minimum atomic E-state index is -0.264. The number of benzene rings is 1. The topological polar surface area (TPSA) is 52.6 Å². The summed E-state index contributed by atoms with van der Waals surface area (Å²) in [5.74, 6) is -0.279. The van der Waals surface area contributed by atoms with E-state index in [-0.39, 0.29) is 17.7 Å². The molecule has 5 nitrogen and oxygen atoms in total. The lowest BCUT2D eigenvalue weighted by molar-refractivity contribution is -0.129. The summed E-state index contributed by atoms with van der Waals surface area (Å²) in [6.07, 6.45) is 0.924. The van der Waals surface area contributed by atoms with Gasteiger partial charge in [-0.2, -0.15) is 0 Å². The maximum Gasteiger partial charge on any atom is 0.225 e. The number of likely N-dealkylation sites (tertiary alicyclic amines) is 1.